The molecule has 1 aromatic carbocycles. The molecule has 0 aliphatic heterocycles. The number of benzene rings is 1. The summed E-state index contributed by atoms with van der Waals surface area (Å²) in [6.45, 7) is 9.39. The third kappa shape index (κ3) is 5.48. The second-order valence-electron chi connectivity index (χ2n) is 6.17. The van der Waals surface area contributed by atoms with Gasteiger partial charge in [0.2, 0.25) is 0 Å². The van der Waals surface area contributed by atoms with Gasteiger partial charge in [0.05, 0.1) is 5.75 Å². The van der Waals surface area contributed by atoms with Crippen molar-refractivity contribution in [2.75, 3.05) is 0 Å². The lowest BCUT2D eigenvalue weighted by atomic mass is 10.1. The number of hydrogen-bond donors (Lipinski definition) is 1. The second-order valence-corrected chi connectivity index (χ2v) is 7.18. The van der Waals surface area contributed by atoms with Crippen molar-refractivity contribution in [2.24, 2.45) is 0 Å². The zero-order valence-corrected chi connectivity index (χ0v) is 14.0. The summed E-state index contributed by atoms with van der Waals surface area (Å²) in [5.41, 5.74) is 2.53. The Kier molecular flexibility index (Phi) is 5.37. The minimum Gasteiger partial charge on any atom is -0.308 e. The fraction of sp³-hybridized carbons (Fsp3) is 0.412. The van der Waals surface area contributed by atoms with E-state index in [0.717, 1.165) is 23.7 Å². The van der Waals surface area contributed by atoms with Gasteiger partial charge < -0.3 is 5.32 Å². The average molecular weight is 301 g/mol. The third-order valence-corrected chi connectivity index (χ3v) is 4.20. The first-order chi connectivity index (χ1) is 9.94. The van der Waals surface area contributed by atoms with E-state index in [1.807, 2.05) is 12.4 Å². The van der Waals surface area contributed by atoms with Crippen molar-refractivity contribution in [3.63, 3.8) is 0 Å². The van der Waals surface area contributed by atoms with Crippen molar-refractivity contribution in [1.82, 2.24) is 15.3 Å². The molecule has 3 nitrogen and oxygen atoms in total. The van der Waals surface area contributed by atoms with E-state index < -0.39 is 0 Å². The fourth-order valence-corrected chi connectivity index (χ4v) is 2.68. The van der Waals surface area contributed by atoms with Crippen LogP contribution < -0.4 is 5.32 Å². The van der Waals surface area contributed by atoms with Gasteiger partial charge in [-0.1, -0.05) is 18.2 Å². The summed E-state index contributed by atoms with van der Waals surface area (Å²) in [7, 11) is 0. The lowest BCUT2D eigenvalue weighted by Crippen LogP contribution is -2.35. The Morgan fingerprint density at radius 3 is 2.38 bits per heavy atom. The van der Waals surface area contributed by atoms with Gasteiger partial charge in [0.1, 0.15) is 5.82 Å². The Balaban J connectivity index is 1.89. The van der Waals surface area contributed by atoms with Crippen molar-refractivity contribution in [1.29, 1.82) is 0 Å². The molecule has 0 saturated carbocycles. The van der Waals surface area contributed by atoms with Crippen LogP contribution in [0.2, 0.25) is 0 Å². The largest absolute Gasteiger partial charge is 0.308 e. The molecule has 0 aliphatic carbocycles. The van der Waals surface area contributed by atoms with Crippen LogP contribution in [0.3, 0.4) is 0 Å². The first-order valence-electron chi connectivity index (χ1n) is 7.17. The highest BCUT2D eigenvalue weighted by atomic mass is 32.2. The first-order valence-corrected chi connectivity index (χ1v) is 8.16. The topological polar surface area (TPSA) is 37.8 Å². The molecule has 1 N–H and O–H groups in total. The van der Waals surface area contributed by atoms with Crippen molar-refractivity contribution < 1.29 is 0 Å². The predicted molar refractivity (Wildman–Crippen MR) is 89.4 cm³/mol. The fourth-order valence-electron chi connectivity index (χ4n) is 1.78. The Bertz CT molecular complexity index is 573. The Morgan fingerprint density at radius 2 is 1.76 bits per heavy atom. The Hall–Kier alpha value is -1.39. The maximum Gasteiger partial charge on any atom is 0.138 e. The van der Waals surface area contributed by atoms with E-state index in [1.165, 1.54) is 10.5 Å². The molecule has 0 spiro atoms. The molecule has 2 rings (SSSR count). The number of nitrogens with one attached hydrogen (secondary N) is 1. The molecule has 0 radical (unpaired) electrons. The van der Waals surface area contributed by atoms with Crippen LogP contribution >= 0.6 is 11.8 Å². The maximum atomic E-state index is 4.45. The van der Waals surface area contributed by atoms with Gasteiger partial charge in [0, 0.05) is 34.9 Å². The number of aryl methyl sites for hydroxylation is 1. The average Bonchev–Trinajstić information content (AvgIpc) is 2.45. The number of thioether (sulfide) groups is 1. The summed E-state index contributed by atoms with van der Waals surface area (Å²) in [6, 6.07) is 8.40. The van der Waals surface area contributed by atoms with Crippen LogP contribution in [0, 0.1) is 6.92 Å². The zero-order valence-electron chi connectivity index (χ0n) is 13.2. The number of hydrogen-bond acceptors (Lipinski definition) is 4. The standard InChI is InChI=1S/C17H23N3S/c1-13-7-5-6-8-15(13)21-12-16-18-9-14(10-19-16)11-20-17(2,3)4/h5-10,20H,11-12H2,1-4H3. The highest BCUT2D eigenvalue weighted by molar-refractivity contribution is 7.98. The van der Waals surface area contributed by atoms with Gasteiger partial charge in [0.15, 0.2) is 0 Å². The van der Waals surface area contributed by atoms with Gasteiger partial charge in [-0.25, -0.2) is 9.97 Å². The first kappa shape index (κ1) is 16.0. The number of aromatic nitrogens is 2. The molecule has 0 fully saturated rings. The zero-order chi connectivity index (χ0) is 15.3. The lowest BCUT2D eigenvalue weighted by molar-refractivity contribution is 0.423. The van der Waals surface area contributed by atoms with E-state index >= 15 is 0 Å². The van der Waals surface area contributed by atoms with Gasteiger partial charge in [-0.3, -0.25) is 0 Å². The summed E-state index contributed by atoms with van der Waals surface area (Å²) in [6.07, 6.45) is 3.83. The van der Waals surface area contributed by atoms with Gasteiger partial charge in [-0.15, -0.1) is 11.8 Å². The number of rotatable bonds is 5. The summed E-state index contributed by atoms with van der Waals surface area (Å²) in [5, 5.41) is 3.44. The monoisotopic (exact) mass is 301 g/mol. The second kappa shape index (κ2) is 7.05. The lowest BCUT2D eigenvalue weighted by Gasteiger charge is -2.20. The molecule has 0 unspecified atom stereocenters. The minimum atomic E-state index is 0.110. The molecule has 2 aromatic rings. The minimum absolute atomic E-state index is 0.110. The molecule has 1 aromatic heterocycles. The molecule has 0 saturated heterocycles. The van der Waals surface area contributed by atoms with E-state index in [-0.39, 0.29) is 5.54 Å². The molecule has 0 atom stereocenters. The van der Waals surface area contributed by atoms with E-state index in [4.69, 9.17) is 0 Å². The van der Waals surface area contributed by atoms with Gasteiger partial charge in [-0.05, 0) is 39.3 Å². The molecule has 1 heterocycles. The quantitative estimate of drug-likeness (QED) is 0.848. The van der Waals surface area contributed by atoms with Crippen LogP contribution in [0.15, 0.2) is 41.6 Å². The van der Waals surface area contributed by atoms with Crippen LogP contribution in [0.4, 0.5) is 0 Å². The highest BCUT2D eigenvalue weighted by Crippen LogP contribution is 2.24. The summed E-state index contributed by atoms with van der Waals surface area (Å²) < 4.78 is 0. The Morgan fingerprint density at radius 1 is 1.10 bits per heavy atom. The predicted octanol–water partition coefficient (Wildman–Crippen LogP) is 3.97. The smallest absolute Gasteiger partial charge is 0.138 e. The van der Waals surface area contributed by atoms with E-state index in [1.54, 1.807) is 11.8 Å². The number of nitrogens with zero attached hydrogens (tertiary/aromatic N) is 2. The molecule has 0 bridgehead atoms. The molecule has 21 heavy (non-hydrogen) atoms. The molecule has 112 valence electrons. The van der Waals surface area contributed by atoms with Crippen molar-refractivity contribution >= 4 is 11.8 Å². The highest BCUT2D eigenvalue weighted by Gasteiger charge is 2.08. The van der Waals surface area contributed by atoms with E-state index in [9.17, 15) is 0 Å². The maximum absolute atomic E-state index is 4.45. The normalized spacial score (nSPS) is 11.6. The summed E-state index contributed by atoms with van der Waals surface area (Å²) >= 11 is 1.78. The van der Waals surface area contributed by atoms with Crippen LogP contribution in [0.25, 0.3) is 0 Å². The molecular weight excluding hydrogens is 278 g/mol. The molecule has 0 aliphatic rings. The van der Waals surface area contributed by atoms with Crippen LogP contribution in [-0.4, -0.2) is 15.5 Å². The summed E-state index contributed by atoms with van der Waals surface area (Å²) in [4.78, 5) is 10.2. The van der Waals surface area contributed by atoms with Crippen molar-refractivity contribution in [2.45, 2.75) is 50.4 Å². The van der Waals surface area contributed by atoms with Gasteiger partial charge in [-0.2, -0.15) is 0 Å². The molecule has 4 heteroatoms. The van der Waals surface area contributed by atoms with Crippen molar-refractivity contribution in [3.8, 4) is 0 Å². The van der Waals surface area contributed by atoms with Crippen LogP contribution in [0.5, 0.6) is 0 Å². The van der Waals surface area contributed by atoms with Crippen LogP contribution in [-0.2, 0) is 12.3 Å². The van der Waals surface area contributed by atoms with Gasteiger partial charge in [0.25, 0.3) is 0 Å². The molecular formula is C17H23N3S. The van der Waals surface area contributed by atoms with Crippen molar-refractivity contribution in [3.05, 3.63) is 53.6 Å². The Labute approximate surface area is 131 Å². The molecule has 0 amide bonds. The van der Waals surface area contributed by atoms with Gasteiger partial charge >= 0.3 is 0 Å². The SMILES string of the molecule is Cc1ccccc1SCc1ncc(CNC(C)(C)C)cn1. The van der Waals surface area contributed by atoms with E-state index in [2.05, 4.69) is 67.2 Å². The summed E-state index contributed by atoms with van der Waals surface area (Å²) in [5.74, 6) is 1.68. The third-order valence-electron chi connectivity index (χ3n) is 3.03. The van der Waals surface area contributed by atoms with Crippen LogP contribution in [0.1, 0.15) is 37.7 Å². The van der Waals surface area contributed by atoms with E-state index in [0.29, 0.717) is 0 Å².